The lowest BCUT2D eigenvalue weighted by Crippen LogP contribution is -2.13. The summed E-state index contributed by atoms with van der Waals surface area (Å²) < 4.78 is 14.0. The van der Waals surface area contributed by atoms with Crippen molar-refractivity contribution in [2.75, 3.05) is 5.32 Å². The van der Waals surface area contributed by atoms with E-state index in [4.69, 9.17) is 11.6 Å². The van der Waals surface area contributed by atoms with Crippen molar-refractivity contribution in [3.8, 4) is 6.07 Å². The first kappa shape index (κ1) is 20.8. The molecule has 0 bridgehead atoms. The SMILES string of the molecule is N#C/C(=C\c1cc(Cl)ccc1Cc1ccccc1Br)C(=O)Nc1ccc(F)cc1. The quantitative estimate of drug-likeness (QED) is 0.348. The van der Waals surface area contributed by atoms with E-state index in [0.29, 0.717) is 22.7 Å². The number of hydrogen-bond donors (Lipinski definition) is 1. The zero-order chi connectivity index (χ0) is 20.8. The number of nitriles is 1. The van der Waals surface area contributed by atoms with Gasteiger partial charge < -0.3 is 5.32 Å². The van der Waals surface area contributed by atoms with Gasteiger partial charge in [0.1, 0.15) is 17.5 Å². The van der Waals surface area contributed by atoms with Gasteiger partial charge in [0.25, 0.3) is 5.91 Å². The monoisotopic (exact) mass is 468 g/mol. The minimum absolute atomic E-state index is 0.0787. The van der Waals surface area contributed by atoms with Crippen LogP contribution in [0.3, 0.4) is 0 Å². The van der Waals surface area contributed by atoms with E-state index in [1.165, 1.54) is 30.3 Å². The zero-order valence-electron chi connectivity index (χ0n) is 15.1. The van der Waals surface area contributed by atoms with Gasteiger partial charge >= 0.3 is 0 Å². The lowest BCUT2D eigenvalue weighted by molar-refractivity contribution is -0.112. The third-order valence-corrected chi connectivity index (χ3v) is 5.22. The lowest BCUT2D eigenvalue weighted by atomic mass is 9.98. The molecule has 6 heteroatoms. The molecule has 1 amide bonds. The van der Waals surface area contributed by atoms with Crippen molar-refractivity contribution in [1.82, 2.24) is 0 Å². The predicted molar refractivity (Wildman–Crippen MR) is 117 cm³/mol. The van der Waals surface area contributed by atoms with Crippen LogP contribution in [-0.4, -0.2) is 5.91 Å². The average Bonchev–Trinajstić information content (AvgIpc) is 2.71. The molecule has 3 rings (SSSR count). The van der Waals surface area contributed by atoms with Gasteiger partial charge in [0.15, 0.2) is 0 Å². The molecule has 0 spiro atoms. The van der Waals surface area contributed by atoms with Gasteiger partial charge in [0.2, 0.25) is 0 Å². The Kier molecular flexibility index (Phi) is 6.82. The van der Waals surface area contributed by atoms with Crippen LogP contribution in [0.4, 0.5) is 10.1 Å². The number of halogens is 3. The zero-order valence-corrected chi connectivity index (χ0v) is 17.5. The summed E-state index contributed by atoms with van der Waals surface area (Å²) >= 11 is 9.68. The highest BCUT2D eigenvalue weighted by Crippen LogP contribution is 2.25. The maximum Gasteiger partial charge on any atom is 0.266 e. The van der Waals surface area contributed by atoms with Crippen molar-refractivity contribution >= 4 is 45.2 Å². The summed E-state index contributed by atoms with van der Waals surface area (Å²) in [5, 5.41) is 12.6. The fourth-order valence-corrected chi connectivity index (χ4v) is 3.35. The van der Waals surface area contributed by atoms with E-state index in [1.807, 2.05) is 36.4 Å². The fourth-order valence-electron chi connectivity index (χ4n) is 2.74. The molecule has 0 atom stereocenters. The second-order valence-electron chi connectivity index (χ2n) is 6.24. The summed E-state index contributed by atoms with van der Waals surface area (Å²) in [6.07, 6.45) is 2.11. The molecule has 0 saturated heterocycles. The Morgan fingerprint density at radius 2 is 1.83 bits per heavy atom. The molecule has 0 aliphatic heterocycles. The van der Waals surface area contributed by atoms with E-state index >= 15 is 0 Å². The Bertz CT molecular complexity index is 1120. The average molecular weight is 470 g/mol. The van der Waals surface area contributed by atoms with Gasteiger partial charge in [-0.25, -0.2) is 4.39 Å². The number of amides is 1. The molecule has 0 aliphatic rings. The highest BCUT2D eigenvalue weighted by Gasteiger charge is 2.12. The number of rotatable bonds is 5. The van der Waals surface area contributed by atoms with Gasteiger partial charge in [-0.2, -0.15) is 5.26 Å². The predicted octanol–water partition coefficient (Wildman–Crippen LogP) is 6.38. The first-order valence-electron chi connectivity index (χ1n) is 8.67. The van der Waals surface area contributed by atoms with Crippen molar-refractivity contribution < 1.29 is 9.18 Å². The molecule has 0 heterocycles. The Hall–Kier alpha value is -2.94. The number of carbonyl (C=O) groups is 1. The van der Waals surface area contributed by atoms with Crippen LogP contribution in [-0.2, 0) is 11.2 Å². The minimum atomic E-state index is -0.578. The Balaban J connectivity index is 1.91. The van der Waals surface area contributed by atoms with Crippen molar-refractivity contribution in [3.05, 3.63) is 104 Å². The van der Waals surface area contributed by atoms with Gasteiger partial charge in [0, 0.05) is 15.2 Å². The molecule has 1 N–H and O–H groups in total. The van der Waals surface area contributed by atoms with Gasteiger partial charge in [-0.1, -0.05) is 51.8 Å². The Morgan fingerprint density at radius 1 is 1.10 bits per heavy atom. The summed E-state index contributed by atoms with van der Waals surface area (Å²) in [5.41, 5.74) is 2.99. The van der Waals surface area contributed by atoms with E-state index in [-0.39, 0.29) is 5.57 Å². The highest BCUT2D eigenvalue weighted by atomic mass is 79.9. The fraction of sp³-hybridized carbons (Fsp3) is 0.0435. The maximum atomic E-state index is 13.0. The summed E-state index contributed by atoms with van der Waals surface area (Å²) in [6.45, 7) is 0. The molecule has 3 aromatic carbocycles. The van der Waals surface area contributed by atoms with E-state index in [1.54, 1.807) is 12.1 Å². The number of anilines is 1. The van der Waals surface area contributed by atoms with Crippen molar-refractivity contribution in [3.63, 3.8) is 0 Å². The number of nitrogens with zero attached hydrogens (tertiary/aromatic N) is 1. The second kappa shape index (κ2) is 9.51. The third kappa shape index (κ3) is 5.54. The van der Waals surface area contributed by atoms with Crippen LogP contribution in [0.25, 0.3) is 6.08 Å². The molecule has 0 aliphatic carbocycles. The normalized spacial score (nSPS) is 11.0. The standard InChI is InChI=1S/C23H15BrClFN2O/c24-22-4-2-1-3-16(22)11-15-5-6-19(25)13-17(15)12-18(14-27)23(29)28-21-9-7-20(26)8-10-21/h1-10,12-13H,11H2,(H,28,29)/b18-12+. The van der Waals surface area contributed by atoms with Crippen LogP contribution < -0.4 is 5.32 Å². The van der Waals surface area contributed by atoms with Gasteiger partial charge in [0.05, 0.1) is 0 Å². The molecule has 29 heavy (non-hydrogen) atoms. The maximum absolute atomic E-state index is 13.0. The van der Waals surface area contributed by atoms with Crippen LogP contribution in [0.1, 0.15) is 16.7 Å². The van der Waals surface area contributed by atoms with Gasteiger partial charge in [-0.05, 0) is 71.7 Å². The molecule has 3 nitrogen and oxygen atoms in total. The van der Waals surface area contributed by atoms with E-state index < -0.39 is 11.7 Å². The van der Waals surface area contributed by atoms with Gasteiger partial charge in [-0.15, -0.1) is 0 Å². The van der Waals surface area contributed by atoms with Crippen LogP contribution in [0.15, 0.2) is 76.8 Å². The molecule has 0 radical (unpaired) electrons. The molecule has 144 valence electrons. The summed E-state index contributed by atoms with van der Waals surface area (Å²) in [7, 11) is 0. The summed E-state index contributed by atoms with van der Waals surface area (Å²) in [6, 6.07) is 20.5. The van der Waals surface area contributed by atoms with Gasteiger partial charge in [-0.3, -0.25) is 4.79 Å². The highest BCUT2D eigenvalue weighted by molar-refractivity contribution is 9.10. The van der Waals surface area contributed by atoms with Crippen molar-refractivity contribution in [1.29, 1.82) is 5.26 Å². The van der Waals surface area contributed by atoms with Crippen LogP contribution in [0, 0.1) is 17.1 Å². The van der Waals surface area contributed by atoms with E-state index in [9.17, 15) is 14.4 Å². The Labute approximate surface area is 181 Å². The molecule has 3 aromatic rings. The topological polar surface area (TPSA) is 52.9 Å². The van der Waals surface area contributed by atoms with E-state index in [0.717, 1.165) is 15.6 Å². The number of benzene rings is 3. The van der Waals surface area contributed by atoms with Crippen LogP contribution in [0.2, 0.25) is 5.02 Å². The molecule has 0 unspecified atom stereocenters. The lowest BCUT2D eigenvalue weighted by Gasteiger charge is -2.10. The molecule has 0 aromatic heterocycles. The first-order valence-corrected chi connectivity index (χ1v) is 9.84. The summed E-state index contributed by atoms with van der Waals surface area (Å²) in [5.74, 6) is -0.986. The number of carbonyl (C=O) groups excluding carboxylic acids is 1. The number of hydrogen-bond acceptors (Lipinski definition) is 2. The molecular formula is C23H15BrClFN2O. The minimum Gasteiger partial charge on any atom is -0.321 e. The third-order valence-electron chi connectivity index (χ3n) is 4.21. The summed E-state index contributed by atoms with van der Waals surface area (Å²) in [4.78, 5) is 12.5. The molecule has 0 fully saturated rings. The molecular weight excluding hydrogens is 455 g/mol. The van der Waals surface area contributed by atoms with Crippen LogP contribution >= 0.6 is 27.5 Å². The molecule has 0 saturated carbocycles. The number of nitrogens with one attached hydrogen (secondary N) is 1. The van der Waals surface area contributed by atoms with E-state index in [2.05, 4.69) is 21.2 Å². The second-order valence-corrected chi connectivity index (χ2v) is 7.53. The largest absolute Gasteiger partial charge is 0.321 e. The smallest absolute Gasteiger partial charge is 0.266 e. The Morgan fingerprint density at radius 3 is 2.52 bits per heavy atom. The van der Waals surface area contributed by atoms with Crippen molar-refractivity contribution in [2.24, 2.45) is 0 Å². The van der Waals surface area contributed by atoms with Crippen LogP contribution in [0.5, 0.6) is 0 Å². The van der Waals surface area contributed by atoms with Crippen molar-refractivity contribution in [2.45, 2.75) is 6.42 Å². The first-order chi connectivity index (χ1) is 14.0.